The second-order valence-electron chi connectivity index (χ2n) is 6.59. The molecule has 0 spiro atoms. The van der Waals surface area contributed by atoms with Crippen LogP contribution < -0.4 is 10.1 Å². The first kappa shape index (κ1) is 17.7. The van der Waals surface area contributed by atoms with E-state index in [2.05, 4.69) is 15.6 Å². The number of rotatable bonds is 6. The molecule has 0 atom stereocenters. The fraction of sp³-hybridized carbons (Fsp3) is 0.136. The van der Waals surface area contributed by atoms with Gasteiger partial charge in [-0.1, -0.05) is 53.7 Å². The third-order valence-electron chi connectivity index (χ3n) is 4.32. The van der Waals surface area contributed by atoms with Crippen LogP contribution in [0.2, 0.25) is 0 Å². The standard InChI is InChI=1S/C22H20N4O2/c1-16-6-4-9-18(12-16)23-22(27)14-26-13-19(24-25-26)15-28-21-11-5-8-17-7-2-3-10-20(17)21/h2-13H,14-15H2,1H3,(H,23,27). The minimum atomic E-state index is -0.156. The molecule has 0 radical (unpaired) electrons. The third-order valence-corrected chi connectivity index (χ3v) is 4.32. The molecule has 1 aromatic heterocycles. The number of ether oxygens (including phenoxy) is 1. The zero-order valence-corrected chi connectivity index (χ0v) is 15.5. The van der Waals surface area contributed by atoms with E-state index in [0.29, 0.717) is 5.69 Å². The number of fused-ring (bicyclic) bond motifs is 1. The van der Waals surface area contributed by atoms with Crippen molar-refractivity contribution in [1.29, 1.82) is 0 Å². The molecule has 28 heavy (non-hydrogen) atoms. The first-order valence-corrected chi connectivity index (χ1v) is 9.03. The van der Waals surface area contributed by atoms with Gasteiger partial charge in [-0.05, 0) is 36.1 Å². The van der Waals surface area contributed by atoms with E-state index in [1.807, 2.05) is 73.7 Å². The number of anilines is 1. The van der Waals surface area contributed by atoms with Crippen LogP contribution in [-0.2, 0) is 17.9 Å². The second-order valence-corrected chi connectivity index (χ2v) is 6.59. The highest BCUT2D eigenvalue weighted by Crippen LogP contribution is 2.25. The van der Waals surface area contributed by atoms with Crippen molar-refractivity contribution >= 4 is 22.4 Å². The number of nitrogens with one attached hydrogen (secondary N) is 1. The minimum Gasteiger partial charge on any atom is -0.487 e. The molecule has 1 amide bonds. The molecule has 140 valence electrons. The quantitative estimate of drug-likeness (QED) is 0.556. The van der Waals surface area contributed by atoms with Crippen molar-refractivity contribution < 1.29 is 9.53 Å². The van der Waals surface area contributed by atoms with Gasteiger partial charge in [0.2, 0.25) is 5.91 Å². The van der Waals surface area contributed by atoms with E-state index in [9.17, 15) is 4.79 Å². The lowest BCUT2D eigenvalue weighted by Crippen LogP contribution is -2.19. The van der Waals surface area contributed by atoms with Gasteiger partial charge in [0.25, 0.3) is 0 Å². The van der Waals surface area contributed by atoms with Gasteiger partial charge in [0.15, 0.2) is 0 Å². The zero-order valence-electron chi connectivity index (χ0n) is 15.5. The summed E-state index contributed by atoms with van der Waals surface area (Å²) in [5.74, 6) is 0.641. The number of amides is 1. The Morgan fingerprint density at radius 1 is 1.07 bits per heavy atom. The number of hydrogen-bond acceptors (Lipinski definition) is 4. The lowest BCUT2D eigenvalue weighted by molar-refractivity contribution is -0.116. The fourth-order valence-corrected chi connectivity index (χ4v) is 3.03. The SMILES string of the molecule is Cc1cccc(NC(=O)Cn2cc(COc3cccc4ccccc34)nn2)c1. The molecule has 0 aliphatic heterocycles. The van der Waals surface area contributed by atoms with Crippen LogP contribution in [0.25, 0.3) is 10.8 Å². The molecule has 1 heterocycles. The summed E-state index contributed by atoms with van der Waals surface area (Å²) in [4.78, 5) is 12.2. The maximum absolute atomic E-state index is 12.2. The van der Waals surface area contributed by atoms with Gasteiger partial charge in [0.05, 0.1) is 6.20 Å². The van der Waals surface area contributed by atoms with Crippen LogP contribution in [0.5, 0.6) is 5.75 Å². The van der Waals surface area contributed by atoms with Crippen molar-refractivity contribution in [3.8, 4) is 5.75 Å². The van der Waals surface area contributed by atoms with Crippen molar-refractivity contribution in [2.75, 3.05) is 5.32 Å². The monoisotopic (exact) mass is 372 g/mol. The number of aryl methyl sites for hydroxylation is 1. The van der Waals surface area contributed by atoms with Gasteiger partial charge < -0.3 is 10.1 Å². The molecule has 0 unspecified atom stereocenters. The van der Waals surface area contributed by atoms with Gasteiger partial charge in [-0.15, -0.1) is 5.10 Å². The summed E-state index contributed by atoms with van der Waals surface area (Å²) >= 11 is 0. The van der Waals surface area contributed by atoms with Crippen LogP contribution in [0.1, 0.15) is 11.3 Å². The Balaban J connectivity index is 1.37. The summed E-state index contributed by atoms with van der Waals surface area (Å²) in [7, 11) is 0. The van der Waals surface area contributed by atoms with Crippen LogP contribution in [0.15, 0.2) is 72.9 Å². The molecule has 4 aromatic rings. The Hall–Kier alpha value is -3.67. The first-order chi connectivity index (χ1) is 13.7. The summed E-state index contributed by atoms with van der Waals surface area (Å²) in [5, 5.41) is 13.1. The molecular formula is C22H20N4O2. The molecule has 0 saturated heterocycles. The van der Waals surface area contributed by atoms with Crippen molar-refractivity contribution in [3.05, 3.63) is 84.2 Å². The number of benzene rings is 3. The van der Waals surface area contributed by atoms with Crippen LogP contribution in [0, 0.1) is 6.92 Å². The summed E-state index contributed by atoms with van der Waals surface area (Å²) in [5.41, 5.74) is 2.52. The molecule has 0 aliphatic rings. The summed E-state index contributed by atoms with van der Waals surface area (Å²) in [6.45, 7) is 2.36. The van der Waals surface area contributed by atoms with E-state index in [0.717, 1.165) is 27.8 Å². The van der Waals surface area contributed by atoms with Gasteiger partial charge in [-0.2, -0.15) is 0 Å². The molecule has 0 fully saturated rings. The molecule has 6 nitrogen and oxygen atoms in total. The Morgan fingerprint density at radius 2 is 1.89 bits per heavy atom. The smallest absolute Gasteiger partial charge is 0.246 e. The molecule has 3 aromatic carbocycles. The number of nitrogens with zero attached hydrogens (tertiary/aromatic N) is 3. The van der Waals surface area contributed by atoms with Crippen molar-refractivity contribution in [2.24, 2.45) is 0 Å². The van der Waals surface area contributed by atoms with E-state index < -0.39 is 0 Å². The summed E-state index contributed by atoms with van der Waals surface area (Å²) < 4.78 is 7.42. The maximum atomic E-state index is 12.2. The Morgan fingerprint density at radius 3 is 2.79 bits per heavy atom. The topological polar surface area (TPSA) is 69.0 Å². The van der Waals surface area contributed by atoms with Crippen LogP contribution in [-0.4, -0.2) is 20.9 Å². The zero-order chi connectivity index (χ0) is 19.3. The predicted octanol–water partition coefficient (Wildman–Crippen LogP) is 3.96. The molecular weight excluding hydrogens is 352 g/mol. The van der Waals surface area contributed by atoms with Crippen LogP contribution in [0.4, 0.5) is 5.69 Å². The van der Waals surface area contributed by atoms with Gasteiger partial charge in [0.1, 0.15) is 24.6 Å². The average Bonchev–Trinajstić information content (AvgIpc) is 3.13. The number of hydrogen-bond donors (Lipinski definition) is 1. The van der Waals surface area contributed by atoms with Crippen molar-refractivity contribution in [2.45, 2.75) is 20.1 Å². The predicted molar refractivity (Wildman–Crippen MR) is 108 cm³/mol. The lowest BCUT2D eigenvalue weighted by Gasteiger charge is -2.07. The van der Waals surface area contributed by atoms with Gasteiger partial charge >= 0.3 is 0 Å². The molecule has 0 bridgehead atoms. The maximum Gasteiger partial charge on any atom is 0.246 e. The second kappa shape index (κ2) is 7.92. The Kier molecular flexibility index (Phi) is 5.01. The first-order valence-electron chi connectivity index (χ1n) is 9.03. The van der Waals surface area contributed by atoms with Crippen molar-refractivity contribution in [1.82, 2.24) is 15.0 Å². The molecule has 1 N–H and O–H groups in total. The Bertz CT molecular complexity index is 1110. The molecule has 6 heteroatoms. The third kappa shape index (κ3) is 4.17. The highest BCUT2D eigenvalue weighted by molar-refractivity contribution is 5.90. The largest absolute Gasteiger partial charge is 0.487 e. The summed E-state index contributed by atoms with van der Waals surface area (Å²) in [6.07, 6.45) is 1.72. The van der Waals surface area contributed by atoms with E-state index >= 15 is 0 Å². The highest BCUT2D eigenvalue weighted by Gasteiger charge is 2.08. The highest BCUT2D eigenvalue weighted by atomic mass is 16.5. The van der Waals surface area contributed by atoms with E-state index in [-0.39, 0.29) is 19.1 Å². The fourth-order valence-electron chi connectivity index (χ4n) is 3.03. The minimum absolute atomic E-state index is 0.0925. The van der Waals surface area contributed by atoms with Gasteiger partial charge in [0, 0.05) is 11.1 Å². The average molecular weight is 372 g/mol. The van der Waals surface area contributed by atoms with E-state index in [1.54, 1.807) is 6.20 Å². The van der Waals surface area contributed by atoms with Gasteiger partial charge in [-0.25, -0.2) is 4.68 Å². The van der Waals surface area contributed by atoms with E-state index in [4.69, 9.17) is 4.74 Å². The number of aromatic nitrogens is 3. The normalized spacial score (nSPS) is 10.8. The van der Waals surface area contributed by atoms with Gasteiger partial charge in [-0.3, -0.25) is 4.79 Å². The number of carbonyl (C=O) groups is 1. The lowest BCUT2D eigenvalue weighted by atomic mass is 10.1. The van der Waals surface area contributed by atoms with Crippen molar-refractivity contribution in [3.63, 3.8) is 0 Å². The van der Waals surface area contributed by atoms with Crippen LogP contribution >= 0.6 is 0 Å². The molecule has 4 rings (SSSR count). The molecule has 0 saturated carbocycles. The molecule has 0 aliphatic carbocycles. The van der Waals surface area contributed by atoms with Crippen LogP contribution in [0.3, 0.4) is 0 Å². The van der Waals surface area contributed by atoms with E-state index in [1.165, 1.54) is 4.68 Å². The Labute approximate surface area is 162 Å². The summed E-state index contributed by atoms with van der Waals surface area (Å²) in [6, 6.07) is 21.7. The number of carbonyl (C=O) groups excluding carboxylic acids is 1.